The second-order valence-electron chi connectivity index (χ2n) is 5.39. The average molecular weight is 271 g/mol. The van der Waals surface area contributed by atoms with Crippen LogP contribution < -0.4 is 5.73 Å². The fourth-order valence-electron chi connectivity index (χ4n) is 2.24. The van der Waals surface area contributed by atoms with Gasteiger partial charge in [-0.3, -0.25) is 0 Å². The van der Waals surface area contributed by atoms with Crippen molar-refractivity contribution in [1.82, 2.24) is 9.80 Å². The molecule has 0 aliphatic carbocycles. The first-order valence-electron chi connectivity index (χ1n) is 6.83. The second-order valence-corrected chi connectivity index (χ2v) is 5.91. The van der Waals surface area contributed by atoms with Crippen molar-refractivity contribution in [1.29, 1.82) is 0 Å². The highest BCUT2D eigenvalue weighted by Gasteiger charge is 2.22. The zero-order valence-corrected chi connectivity index (χ0v) is 12.3. The molecule has 5 heteroatoms. The number of carbonyl (C=O) groups excluding carboxylic acids is 1. The van der Waals surface area contributed by atoms with Gasteiger partial charge in [-0.25, -0.2) is 4.79 Å². The van der Waals surface area contributed by atoms with Gasteiger partial charge in [0.15, 0.2) is 0 Å². The van der Waals surface area contributed by atoms with Gasteiger partial charge in [0.05, 0.1) is 4.99 Å². The molecule has 0 aromatic heterocycles. The van der Waals surface area contributed by atoms with Crippen LogP contribution in [0.2, 0.25) is 0 Å². The molecule has 1 saturated heterocycles. The van der Waals surface area contributed by atoms with Crippen molar-refractivity contribution in [2.45, 2.75) is 39.5 Å². The van der Waals surface area contributed by atoms with Crippen LogP contribution in [-0.2, 0) is 0 Å². The molecule has 2 N–H and O–H groups in total. The fourth-order valence-corrected chi connectivity index (χ4v) is 2.33. The molecule has 1 fully saturated rings. The normalized spacial score (nSPS) is 15.8. The Bertz CT molecular complexity index is 288. The van der Waals surface area contributed by atoms with Crippen LogP contribution in [0.3, 0.4) is 0 Å². The molecular weight excluding hydrogens is 246 g/mol. The van der Waals surface area contributed by atoms with Gasteiger partial charge in [0.1, 0.15) is 0 Å². The Hall–Kier alpha value is -0.840. The van der Waals surface area contributed by atoms with E-state index in [4.69, 9.17) is 18.0 Å². The first-order chi connectivity index (χ1) is 8.50. The maximum absolute atomic E-state index is 12.4. The molecule has 4 nitrogen and oxygen atoms in total. The summed E-state index contributed by atoms with van der Waals surface area (Å²) in [5.41, 5.74) is 5.53. The Morgan fingerprint density at radius 3 is 2.44 bits per heavy atom. The lowest BCUT2D eigenvalue weighted by Gasteiger charge is -2.33. The second kappa shape index (κ2) is 7.56. The Labute approximate surface area is 115 Å². The summed E-state index contributed by atoms with van der Waals surface area (Å²) in [5, 5.41) is 0. The van der Waals surface area contributed by atoms with Gasteiger partial charge < -0.3 is 15.5 Å². The molecule has 0 radical (unpaired) electrons. The summed E-state index contributed by atoms with van der Waals surface area (Å²) in [6, 6.07) is 0.152. The van der Waals surface area contributed by atoms with Crippen LogP contribution in [0, 0.1) is 5.92 Å². The van der Waals surface area contributed by atoms with Crippen molar-refractivity contribution in [2.24, 2.45) is 11.7 Å². The molecule has 1 aliphatic heterocycles. The van der Waals surface area contributed by atoms with E-state index < -0.39 is 0 Å². The number of thiocarbonyl (C=S) groups is 1. The Morgan fingerprint density at radius 1 is 1.33 bits per heavy atom. The SMILES string of the molecule is CC(C)CN(CCC(N)=S)C(=O)N1CCCCC1. The lowest BCUT2D eigenvalue weighted by Crippen LogP contribution is -2.47. The summed E-state index contributed by atoms with van der Waals surface area (Å²) in [6.07, 6.45) is 4.09. The van der Waals surface area contributed by atoms with Crippen LogP contribution in [0.25, 0.3) is 0 Å². The molecule has 1 heterocycles. The summed E-state index contributed by atoms with van der Waals surface area (Å²) in [7, 11) is 0. The molecule has 2 amide bonds. The standard InChI is InChI=1S/C13H25N3OS/c1-11(2)10-16(9-6-12(14)18)13(17)15-7-4-3-5-8-15/h11H,3-10H2,1-2H3,(H2,14,18). The average Bonchev–Trinajstić information content (AvgIpc) is 2.34. The monoisotopic (exact) mass is 271 g/mol. The molecule has 0 aromatic carbocycles. The number of hydrogen-bond donors (Lipinski definition) is 1. The summed E-state index contributed by atoms with van der Waals surface area (Å²) in [6.45, 7) is 7.44. The number of piperidine rings is 1. The molecule has 18 heavy (non-hydrogen) atoms. The predicted molar refractivity (Wildman–Crippen MR) is 78.6 cm³/mol. The maximum atomic E-state index is 12.4. The highest BCUT2D eigenvalue weighted by molar-refractivity contribution is 7.80. The van der Waals surface area contributed by atoms with Crippen LogP contribution in [0.5, 0.6) is 0 Å². The minimum atomic E-state index is 0.152. The van der Waals surface area contributed by atoms with Crippen LogP contribution >= 0.6 is 12.2 Å². The van der Waals surface area contributed by atoms with Gasteiger partial charge in [0, 0.05) is 32.6 Å². The molecule has 0 saturated carbocycles. The quantitative estimate of drug-likeness (QED) is 0.780. The third-order valence-electron chi connectivity index (χ3n) is 3.11. The Kier molecular flexibility index (Phi) is 6.39. The van der Waals surface area contributed by atoms with Crippen LogP contribution in [-0.4, -0.2) is 47.0 Å². The number of amides is 2. The third-order valence-corrected chi connectivity index (χ3v) is 3.31. The van der Waals surface area contributed by atoms with Crippen LogP contribution in [0.4, 0.5) is 4.79 Å². The Balaban J connectivity index is 2.55. The summed E-state index contributed by atoms with van der Waals surface area (Å²) < 4.78 is 0. The fraction of sp³-hybridized carbons (Fsp3) is 0.846. The van der Waals surface area contributed by atoms with Crippen molar-refractivity contribution >= 4 is 23.2 Å². The molecule has 0 atom stereocenters. The van der Waals surface area contributed by atoms with Gasteiger partial charge in [-0.15, -0.1) is 0 Å². The first kappa shape index (κ1) is 15.2. The minimum Gasteiger partial charge on any atom is -0.393 e. The van der Waals surface area contributed by atoms with E-state index in [1.807, 2.05) is 9.80 Å². The molecular formula is C13H25N3OS. The molecule has 1 rings (SSSR count). The van der Waals surface area contributed by atoms with Gasteiger partial charge in [-0.05, 0) is 25.2 Å². The predicted octanol–water partition coefficient (Wildman–Crippen LogP) is 2.23. The summed E-state index contributed by atoms with van der Waals surface area (Å²) in [4.78, 5) is 16.8. The lowest BCUT2D eigenvalue weighted by atomic mass is 10.1. The lowest BCUT2D eigenvalue weighted by molar-refractivity contribution is 0.139. The Morgan fingerprint density at radius 2 is 1.94 bits per heavy atom. The smallest absolute Gasteiger partial charge is 0.320 e. The number of rotatable bonds is 5. The van der Waals surface area contributed by atoms with E-state index in [-0.39, 0.29) is 6.03 Å². The van der Waals surface area contributed by atoms with E-state index >= 15 is 0 Å². The van der Waals surface area contributed by atoms with E-state index in [1.165, 1.54) is 6.42 Å². The van der Waals surface area contributed by atoms with E-state index in [1.54, 1.807) is 0 Å². The van der Waals surface area contributed by atoms with E-state index in [2.05, 4.69) is 13.8 Å². The van der Waals surface area contributed by atoms with Gasteiger partial charge in [-0.1, -0.05) is 26.1 Å². The minimum absolute atomic E-state index is 0.152. The highest BCUT2D eigenvalue weighted by Crippen LogP contribution is 2.12. The molecule has 0 spiro atoms. The molecule has 0 bridgehead atoms. The molecule has 104 valence electrons. The molecule has 0 aromatic rings. The van der Waals surface area contributed by atoms with Crippen molar-refractivity contribution in [3.63, 3.8) is 0 Å². The molecule has 1 aliphatic rings. The molecule has 0 unspecified atom stereocenters. The summed E-state index contributed by atoms with van der Waals surface area (Å²) in [5.74, 6) is 0.463. The van der Waals surface area contributed by atoms with Gasteiger partial charge in [-0.2, -0.15) is 0 Å². The van der Waals surface area contributed by atoms with Crippen molar-refractivity contribution < 1.29 is 4.79 Å². The first-order valence-corrected chi connectivity index (χ1v) is 7.23. The highest BCUT2D eigenvalue weighted by atomic mass is 32.1. The number of carbonyl (C=O) groups is 1. The summed E-state index contributed by atoms with van der Waals surface area (Å²) >= 11 is 4.90. The van der Waals surface area contributed by atoms with Crippen molar-refractivity contribution in [3.8, 4) is 0 Å². The zero-order valence-electron chi connectivity index (χ0n) is 11.5. The number of likely N-dealkylation sites (tertiary alicyclic amines) is 1. The van der Waals surface area contributed by atoms with Gasteiger partial charge in [0.2, 0.25) is 0 Å². The van der Waals surface area contributed by atoms with E-state index in [0.29, 0.717) is 23.9 Å². The van der Waals surface area contributed by atoms with Crippen LogP contribution in [0.1, 0.15) is 39.5 Å². The third kappa shape index (κ3) is 5.21. The zero-order chi connectivity index (χ0) is 13.5. The maximum Gasteiger partial charge on any atom is 0.320 e. The van der Waals surface area contributed by atoms with Gasteiger partial charge >= 0.3 is 6.03 Å². The van der Waals surface area contributed by atoms with E-state index in [9.17, 15) is 4.79 Å². The number of hydrogen-bond acceptors (Lipinski definition) is 2. The van der Waals surface area contributed by atoms with Gasteiger partial charge in [0.25, 0.3) is 0 Å². The number of nitrogens with zero attached hydrogens (tertiary/aromatic N) is 2. The van der Waals surface area contributed by atoms with E-state index in [0.717, 1.165) is 32.5 Å². The van der Waals surface area contributed by atoms with Crippen molar-refractivity contribution in [2.75, 3.05) is 26.2 Å². The topological polar surface area (TPSA) is 49.6 Å². The van der Waals surface area contributed by atoms with Crippen LogP contribution in [0.15, 0.2) is 0 Å². The number of nitrogens with two attached hydrogens (primary N) is 1. The largest absolute Gasteiger partial charge is 0.393 e. The number of urea groups is 1. The van der Waals surface area contributed by atoms with Crippen molar-refractivity contribution in [3.05, 3.63) is 0 Å².